The number of methoxy groups -OCH3 is 1. The second kappa shape index (κ2) is 6.66. The predicted octanol–water partition coefficient (Wildman–Crippen LogP) is 2.21. The van der Waals surface area contributed by atoms with Gasteiger partial charge in [-0.1, -0.05) is 6.07 Å². The Labute approximate surface area is 114 Å². The SMILES string of the molecule is COC(=O)C1CCC(NCc2ncccc2C)CC1. The third kappa shape index (κ3) is 3.77. The van der Waals surface area contributed by atoms with E-state index in [2.05, 4.69) is 23.3 Å². The molecule has 0 bridgehead atoms. The molecule has 104 valence electrons. The van der Waals surface area contributed by atoms with E-state index in [1.165, 1.54) is 12.7 Å². The molecular weight excluding hydrogens is 240 g/mol. The number of rotatable bonds is 4. The second-order valence-corrected chi connectivity index (χ2v) is 5.22. The standard InChI is InChI=1S/C15H22N2O2/c1-11-4-3-9-16-14(11)10-17-13-7-5-12(6-8-13)15(18)19-2/h3-4,9,12-13,17H,5-8,10H2,1-2H3. The minimum Gasteiger partial charge on any atom is -0.469 e. The molecule has 0 amide bonds. The smallest absolute Gasteiger partial charge is 0.308 e. The van der Waals surface area contributed by atoms with Crippen LogP contribution >= 0.6 is 0 Å². The molecule has 4 nitrogen and oxygen atoms in total. The fourth-order valence-electron chi connectivity index (χ4n) is 2.64. The molecule has 1 aromatic rings. The maximum Gasteiger partial charge on any atom is 0.308 e. The zero-order valence-corrected chi connectivity index (χ0v) is 11.7. The van der Waals surface area contributed by atoms with E-state index in [9.17, 15) is 4.79 Å². The number of pyridine rings is 1. The molecule has 0 saturated heterocycles. The highest BCUT2D eigenvalue weighted by Crippen LogP contribution is 2.25. The van der Waals surface area contributed by atoms with E-state index in [-0.39, 0.29) is 11.9 Å². The molecule has 1 aliphatic carbocycles. The molecule has 1 saturated carbocycles. The van der Waals surface area contributed by atoms with Crippen molar-refractivity contribution in [2.45, 2.75) is 45.2 Å². The van der Waals surface area contributed by atoms with E-state index in [0.29, 0.717) is 6.04 Å². The monoisotopic (exact) mass is 262 g/mol. The van der Waals surface area contributed by atoms with Gasteiger partial charge in [0.2, 0.25) is 0 Å². The minimum atomic E-state index is -0.0565. The fourth-order valence-corrected chi connectivity index (χ4v) is 2.64. The summed E-state index contributed by atoms with van der Waals surface area (Å²) in [7, 11) is 1.47. The Morgan fingerprint density at radius 1 is 1.42 bits per heavy atom. The molecule has 0 radical (unpaired) electrons. The second-order valence-electron chi connectivity index (χ2n) is 5.22. The Kier molecular flexibility index (Phi) is 4.91. The van der Waals surface area contributed by atoms with Crippen LogP contribution < -0.4 is 5.32 Å². The Bertz CT molecular complexity index is 426. The van der Waals surface area contributed by atoms with Gasteiger partial charge >= 0.3 is 5.97 Å². The maximum atomic E-state index is 11.4. The van der Waals surface area contributed by atoms with E-state index in [1.807, 2.05) is 12.3 Å². The maximum absolute atomic E-state index is 11.4. The van der Waals surface area contributed by atoms with E-state index >= 15 is 0 Å². The van der Waals surface area contributed by atoms with Crippen LogP contribution in [0.5, 0.6) is 0 Å². The molecule has 1 N–H and O–H groups in total. The lowest BCUT2D eigenvalue weighted by Crippen LogP contribution is -2.35. The zero-order chi connectivity index (χ0) is 13.7. The summed E-state index contributed by atoms with van der Waals surface area (Å²) in [6.07, 6.45) is 5.74. The van der Waals surface area contributed by atoms with Gasteiger partial charge in [-0.15, -0.1) is 0 Å². The summed E-state index contributed by atoms with van der Waals surface area (Å²) in [4.78, 5) is 15.8. The molecule has 19 heavy (non-hydrogen) atoms. The van der Waals surface area contributed by atoms with Gasteiger partial charge in [-0.05, 0) is 44.2 Å². The number of carbonyl (C=O) groups is 1. The first kappa shape index (κ1) is 14.0. The summed E-state index contributed by atoms with van der Waals surface area (Å²) in [5, 5.41) is 3.54. The van der Waals surface area contributed by atoms with E-state index in [0.717, 1.165) is 37.9 Å². The molecule has 1 heterocycles. The van der Waals surface area contributed by atoms with Crippen LogP contribution in [0.2, 0.25) is 0 Å². The van der Waals surface area contributed by atoms with Crippen LogP contribution in [0, 0.1) is 12.8 Å². The Morgan fingerprint density at radius 2 is 2.16 bits per heavy atom. The quantitative estimate of drug-likeness (QED) is 0.845. The minimum absolute atomic E-state index is 0.0565. The van der Waals surface area contributed by atoms with Crippen LogP contribution in [0.1, 0.15) is 36.9 Å². The lowest BCUT2D eigenvalue weighted by molar-refractivity contribution is -0.146. The molecule has 0 spiro atoms. The summed E-state index contributed by atoms with van der Waals surface area (Å²) in [5.74, 6) is 0.0404. The molecule has 0 aromatic carbocycles. The molecular formula is C15H22N2O2. The predicted molar refractivity (Wildman–Crippen MR) is 73.6 cm³/mol. The van der Waals surface area contributed by atoms with Crippen molar-refractivity contribution < 1.29 is 9.53 Å². The van der Waals surface area contributed by atoms with Crippen molar-refractivity contribution in [3.05, 3.63) is 29.6 Å². The van der Waals surface area contributed by atoms with Crippen molar-refractivity contribution in [3.8, 4) is 0 Å². The Morgan fingerprint density at radius 3 is 2.79 bits per heavy atom. The van der Waals surface area contributed by atoms with Gasteiger partial charge in [0.1, 0.15) is 0 Å². The molecule has 2 rings (SSSR count). The van der Waals surface area contributed by atoms with Gasteiger partial charge in [-0.25, -0.2) is 0 Å². The van der Waals surface area contributed by atoms with Crippen LogP contribution in [-0.2, 0) is 16.1 Å². The lowest BCUT2D eigenvalue weighted by atomic mass is 9.86. The van der Waals surface area contributed by atoms with Crippen LogP contribution in [0.25, 0.3) is 0 Å². The first-order valence-electron chi connectivity index (χ1n) is 6.92. The topological polar surface area (TPSA) is 51.2 Å². The first-order valence-corrected chi connectivity index (χ1v) is 6.92. The number of hydrogen-bond donors (Lipinski definition) is 1. The zero-order valence-electron chi connectivity index (χ0n) is 11.7. The third-order valence-corrected chi connectivity index (χ3v) is 3.94. The van der Waals surface area contributed by atoms with Crippen LogP contribution in [0.3, 0.4) is 0 Å². The number of carbonyl (C=O) groups excluding carboxylic acids is 1. The van der Waals surface area contributed by atoms with Gasteiger partial charge < -0.3 is 10.1 Å². The molecule has 1 aromatic heterocycles. The molecule has 4 heteroatoms. The largest absolute Gasteiger partial charge is 0.469 e. The normalized spacial score (nSPS) is 23.1. The van der Waals surface area contributed by atoms with E-state index < -0.39 is 0 Å². The molecule has 0 aliphatic heterocycles. The molecule has 0 unspecified atom stereocenters. The highest BCUT2D eigenvalue weighted by Gasteiger charge is 2.26. The van der Waals surface area contributed by atoms with Crippen LogP contribution in [0.15, 0.2) is 18.3 Å². The average Bonchev–Trinajstić information content (AvgIpc) is 2.46. The van der Waals surface area contributed by atoms with Gasteiger partial charge in [0.05, 0.1) is 18.7 Å². The van der Waals surface area contributed by atoms with Crippen LogP contribution in [-0.4, -0.2) is 24.1 Å². The summed E-state index contributed by atoms with van der Waals surface area (Å²) in [5.41, 5.74) is 2.33. The fraction of sp³-hybridized carbons (Fsp3) is 0.600. The lowest BCUT2D eigenvalue weighted by Gasteiger charge is -2.27. The summed E-state index contributed by atoms with van der Waals surface area (Å²) >= 11 is 0. The molecule has 0 atom stereocenters. The number of nitrogens with zero attached hydrogens (tertiary/aromatic N) is 1. The van der Waals surface area contributed by atoms with Crippen LogP contribution in [0.4, 0.5) is 0 Å². The number of nitrogens with one attached hydrogen (secondary N) is 1. The van der Waals surface area contributed by atoms with Gasteiger partial charge in [0, 0.05) is 18.8 Å². The van der Waals surface area contributed by atoms with Crippen molar-refractivity contribution in [1.82, 2.24) is 10.3 Å². The average molecular weight is 262 g/mol. The van der Waals surface area contributed by atoms with Gasteiger partial charge in [-0.3, -0.25) is 9.78 Å². The van der Waals surface area contributed by atoms with Gasteiger partial charge in [0.25, 0.3) is 0 Å². The van der Waals surface area contributed by atoms with Gasteiger partial charge in [0.15, 0.2) is 0 Å². The van der Waals surface area contributed by atoms with E-state index in [1.54, 1.807) is 0 Å². The van der Waals surface area contributed by atoms with Crippen molar-refractivity contribution >= 4 is 5.97 Å². The number of esters is 1. The van der Waals surface area contributed by atoms with Gasteiger partial charge in [-0.2, -0.15) is 0 Å². The molecule has 1 fully saturated rings. The number of aromatic nitrogens is 1. The Balaban J connectivity index is 1.77. The third-order valence-electron chi connectivity index (χ3n) is 3.94. The Hall–Kier alpha value is -1.42. The highest BCUT2D eigenvalue weighted by molar-refractivity contribution is 5.72. The van der Waals surface area contributed by atoms with Crippen molar-refractivity contribution in [2.24, 2.45) is 5.92 Å². The summed E-state index contributed by atoms with van der Waals surface area (Å²) in [6.45, 7) is 2.89. The van der Waals surface area contributed by atoms with Crippen molar-refractivity contribution in [3.63, 3.8) is 0 Å². The van der Waals surface area contributed by atoms with Crippen molar-refractivity contribution in [2.75, 3.05) is 7.11 Å². The first-order chi connectivity index (χ1) is 9.20. The summed E-state index contributed by atoms with van der Waals surface area (Å²) < 4.78 is 4.80. The highest BCUT2D eigenvalue weighted by atomic mass is 16.5. The van der Waals surface area contributed by atoms with E-state index in [4.69, 9.17) is 4.74 Å². The molecule has 1 aliphatic rings. The number of ether oxygens (including phenoxy) is 1. The number of hydrogen-bond acceptors (Lipinski definition) is 4. The van der Waals surface area contributed by atoms with Crippen molar-refractivity contribution in [1.29, 1.82) is 0 Å². The number of aryl methyl sites for hydroxylation is 1. The summed E-state index contributed by atoms with van der Waals surface area (Å²) in [6, 6.07) is 4.53.